The summed E-state index contributed by atoms with van der Waals surface area (Å²) >= 11 is 0. The van der Waals surface area contributed by atoms with Crippen LogP contribution in [0.1, 0.15) is 5.56 Å². The van der Waals surface area contributed by atoms with Gasteiger partial charge in [0.15, 0.2) is 5.82 Å². The molecule has 1 heterocycles. The number of hydrogen-bond acceptors (Lipinski definition) is 6. The molecule has 0 aliphatic carbocycles. The number of ether oxygens (including phenoxy) is 1. The number of para-hydroxylation sites is 1. The molecule has 2 aromatic rings. The van der Waals surface area contributed by atoms with Crippen LogP contribution >= 0.6 is 0 Å². The third kappa shape index (κ3) is 4.45. The molecule has 0 radical (unpaired) electrons. The molecule has 0 aliphatic heterocycles. The van der Waals surface area contributed by atoms with Gasteiger partial charge in [0.25, 0.3) is 0 Å². The summed E-state index contributed by atoms with van der Waals surface area (Å²) in [5, 5.41) is 14.0. The van der Waals surface area contributed by atoms with Crippen LogP contribution in [0.2, 0.25) is 0 Å². The van der Waals surface area contributed by atoms with Gasteiger partial charge in [0, 0.05) is 13.1 Å². The van der Waals surface area contributed by atoms with Gasteiger partial charge in [0.2, 0.25) is 5.95 Å². The second kappa shape index (κ2) is 7.84. The van der Waals surface area contributed by atoms with Crippen LogP contribution in [0.4, 0.5) is 11.8 Å². The minimum Gasteiger partial charge on any atom is -0.496 e. The van der Waals surface area contributed by atoms with Gasteiger partial charge in [0.1, 0.15) is 5.75 Å². The van der Waals surface area contributed by atoms with Gasteiger partial charge in [-0.15, -0.1) is 11.7 Å². The van der Waals surface area contributed by atoms with Crippen molar-refractivity contribution < 1.29 is 4.74 Å². The lowest BCUT2D eigenvalue weighted by Gasteiger charge is -2.09. The van der Waals surface area contributed by atoms with E-state index in [1.807, 2.05) is 18.2 Å². The molecule has 1 aromatic heterocycles. The van der Waals surface area contributed by atoms with Crippen LogP contribution in [0.5, 0.6) is 5.75 Å². The van der Waals surface area contributed by atoms with Crippen molar-refractivity contribution in [3.63, 3.8) is 0 Å². The van der Waals surface area contributed by atoms with Gasteiger partial charge in [0.05, 0.1) is 13.3 Å². The SMILES string of the molecule is C=CCNc1nncc(NCCc2ccccc2OC)n1. The Morgan fingerprint density at radius 1 is 1.29 bits per heavy atom. The topological polar surface area (TPSA) is 72.0 Å². The minimum absolute atomic E-state index is 0.484. The van der Waals surface area contributed by atoms with Crippen molar-refractivity contribution in [3.05, 3.63) is 48.7 Å². The highest BCUT2D eigenvalue weighted by molar-refractivity contribution is 5.38. The molecule has 6 heteroatoms. The molecule has 0 unspecified atom stereocenters. The highest BCUT2D eigenvalue weighted by Crippen LogP contribution is 2.17. The zero-order valence-electron chi connectivity index (χ0n) is 12.0. The molecule has 0 saturated heterocycles. The molecule has 0 bridgehead atoms. The van der Waals surface area contributed by atoms with Gasteiger partial charge in [-0.05, 0) is 18.1 Å². The second-order valence-electron chi connectivity index (χ2n) is 4.32. The summed E-state index contributed by atoms with van der Waals surface area (Å²) in [6.45, 7) is 4.97. The Labute approximate surface area is 124 Å². The zero-order chi connectivity index (χ0) is 14.9. The van der Waals surface area contributed by atoms with Crippen LogP contribution in [0.15, 0.2) is 43.1 Å². The lowest BCUT2D eigenvalue weighted by molar-refractivity contribution is 0.410. The normalized spacial score (nSPS) is 9.95. The van der Waals surface area contributed by atoms with Crippen molar-refractivity contribution in [3.8, 4) is 5.75 Å². The van der Waals surface area contributed by atoms with Gasteiger partial charge in [-0.25, -0.2) is 0 Å². The Morgan fingerprint density at radius 3 is 2.95 bits per heavy atom. The first-order chi connectivity index (χ1) is 10.3. The van der Waals surface area contributed by atoms with Crippen molar-refractivity contribution >= 4 is 11.8 Å². The molecule has 6 nitrogen and oxygen atoms in total. The Bertz CT molecular complexity index is 588. The number of anilines is 2. The van der Waals surface area contributed by atoms with Crippen molar-refractivity contribution in [2.75, 3.05) is 30.8 Å². The third-order valence-corrected chi connectivity index (χ3v) is 2.86. The highest BCUT2D eigenvalue weighted by Gasteiger charge is 2.02. The van der Waals surface area contributed by atoms with E-state index in [0.717, 1.165) is 24.3 Å². The zero-order valence-corrected chi connectivity index (χ0v) is 12.0. The quantitative estimate of drug-likeness (QED) is 0.724. The van der Waals surface area contributed by atoms with Gasteiger partial charge < -0.3 is 15.4 Å². The molecule has 1 aromatic carbocycles. The molecule has 0 atom stereocenters. The number of aromatic nitrogens is 3. The Kier molecular flexibility index (Phi) is 5.51. The van der Waals surface area contributed by atoms with E-state index in [-0.39, 0.29) is 0 Å². The van der Waals surface area contributed by atoms with Crippen LogP contribution in [0, 0.1) is 0 Å². The summed E-state index contributed by atoms with van der Waals surface area (Å²) in [6.07, 6.45) is 4.18. The first-order valence-electron chi connectivity index (χ1n) is 6.73. The van der Waals surface area contributed by atoms with E-state index in [9.17, 15) is 0 Å². The molecular weight excluding hydrogens is 266 g/mol. The van der Waals surface area contributed by atoms with E-state index < -0.39 is 0 Å². The maximum absolute atomic E-state index is 5.33. The Morgan fingerprint density at radius 2 is 2.14 bits per heavy atom. The lowest BCUT2D eigenvalue weighted by Crippen LogP contribution is -2.10. The average Bonchev–Trinajstić information content (AvgIpc) is 2.54. The van der Waals surface area contributed by atoms with E-state index in [1.54, 1.807) is 19.4 Å². The fourth-order valence-corrected chi connectivity index (χ4v) is 1.86. The largest absolute Gasteiger partial charge is 0.496 e. The number of nitrogens with zero attached hydrogens (tertiary/aromatic N) is 3. The average molecular weight is 285 g/mol. The maximum Gasteiger partial charge on any atom is 0.244 e. The van der Waals surface area contributed by atoms with E-state index in [4.69, 9.17) is 4.74 Å². The monoisotopic (exact) mass is 285 g/mol. The fraction of sp³-hybridized carbons (Fsp3) is 0.267. The van der Waals surface area contributed by atoms with Gasteiger partial charge in [-0.3, -0.25) is 0 Å². The summed E-state index contributed by atoms with van der Waals surface area (Å²) in [5.74, 6) is 2.07. The van der Waals surface area contributed by atoms with Crippen LogP contribution in [0.3, 0.4) is 0 Å². The Balaban J connectivity index is 1.89. The number of benzene rings is 1. The summed E-state index contributed by atoms with van der Waals surface area (Å²) in [6, 6.07) is 7.97. The summed E-state index contributed by atoms with van der Waals surface area (Å²) in [7, 11) is 1.68. The fourth-order valence-electron chi connectivity index (χ4n) is 1.86. The van der Waals surface area contributed by atoms with Crippen molar-refractivity contribution in [2.24, 2.45) is 0 Å². The smallest absolute Gasteiger partial charge is 0.244 e. The molecule has 110 valence electrons. The van der Waals surface area contributed by atoms with Crippen molar-refractivity contribution in [2.45, 2.75) is 6.42 Å². The van der Waals surface area contributed by atoms with E-state index in [2.05, 4.69) is 38.5 Å². The van der Waals surface area contributed by atoms with Crippen LogP contribution in [-0.4, -0.2) is 35.4 Å². The first-order valence-corrected chi connectivity index (χ1v) is 6.73. The number of nitrogens with one attached hydrogen (secondary N) is 2. The molecule has 2 N–H and O–H groups in total. The predicted octanol–water partition coefficient (Wildman–Crippen LogP) is 2.13. The summed E-state index contributed by atoms with van der Waals surface area (Å²) in [4.78, 5) is 4.31. The standard InChI is InChI=1S/C15H19N5O/c1-3-9-17-15-19-14(11-18-20-15)16-10-8-12-6-4-5-7-13(12)21-2/h3-7,11H,1,8-10H2,2H3,(H2,16,17,19,20). The van der Waals surface area contributed by atoms with Crippen LogP contribution in [0.25, 0.3) is 0 Å². The molecule has 21 heavy (non-hydrogen) atoms. The third-order valence-electron chi connectivity index (χ3n) is 2.86. The lowest BCUT2D eigenvalue weighted by atomic mass is 10.1. The number of rotatable bonds is 8. The Hall–Kier alpha value is -2.63. The summed E-state index contributed by atoms with van der Waals surface area (Å²) in [5.41, 5.74) is 1.15. The van der Waals surface area contributed by atoms with Gasteiger partial charge in [-0.1, -0.05) is 24.3 Å². The van der Waals surface area contributed by atoms with Gasteiger partial charge >= 0.3 is 0 Å². The highest BCUT2D eigenvalue weighted by atomic mass is 16.5. The molecule has 2 rings (SSSR count). The summed E-state index contributed by atoms with van der Waals surface area (Å²) < 4.78 is 5.33. The maximum atomic E-state index is 5.33. The van der Waals surface area contributed by atoms with Crippen molar-refractivity contribution in [1.29, 1.82) is 0 Å². The molecular formula is C15H19N5O. The van der Waals surface area contributed by atoms with Crippen LogP contribution in [-0.2, 0) is 6.42 Å². The number of methoxy groups -OCH3 is 1. The molecule has 0 saturated carbocycles. The second-order valence-corrected chi connectivity index (χ2v) is 4.32. The van der Waals surface area contributed by atoms with Crippen molar-refractivity contribution in [1.82, 2.24) is 15.2 Å². The minimum atomic E-state index is 0.484. The van der Waals surface area contributed by atoms with E-state index in [0.29, 0.717) is 18.3 Å². The molecule has 0 aliphatic rings. The molecule has 0 fully saturated rings. The van der Waals surface area contributed by atoms with Gasteiger partial charge in [-0.2, -0.15) is 10.1 Å². The molecule has 0 spiro atoms. The predicted molar refractivity (Wildman–Crippen MR) is 83.7 cm³/mol. The molecule has 0 amide bonds. The first kappa shape index (κ1) is 14.8. The van der Waals surface area contributed by atoms with Crippen LogP contribution < -0.4 is 15.4 Å². The number of hydrogen-bond donors (Lipinski definition) is 2. The van der Waals surface area contributed by atoms with E-state index >= 15 is 0 Å². The van der Waals surface area contributed by atoms with E-state index in [1.165, 1.54) is 0 Å².